The predicted molar refractivity (Wildman–Crippen MR) is 69.0 cm³/mol. The first-order valence-corrected chi connectivity index (χ1v) is 6.46. The van der Waals surface area contributed by atoms with Crippen molar-refractivity contribution in [1.29, 1.82) is 0 Å². The molecule has 0 aliphatic rings. The quantitative estimate of drug-likeness (QED) is 0.748. The molecule has 0 bridgehead atoms. The van der Waals surface area contributed by atoms with Crippen molar-refractivity contribution in [2.24, 2.45) is 0 Å². The summed E-state index contributed by atoms with van der Waals surface area (Å²) in [7, 11) is 0. The lowest BCUT2D eigenvalue weighted by Crippen LogP contribution is -2.03. The Labute approximate surface area is 108 Å². The highest BCUT2D eigenvalue weighted by atomic mass is 32.1. The molecule has 2 N–H and O–H groups in total. The molecule has 0 aliphatic carbocycles. The lowest BCUT2D eigenvalue weighted by Gasteiger charge is -2.03. The number of aromatic nitrogens is 3. The van der Waals surface area contributed by atoms with Gasteiger partial charge in [0.05, 0.1) is 12.5 Å². The summed E-state index contributed by atoms with van der Waals surface area (Å²) < 4.78 is 2.03. The standard InChI is InChI=1S/C11H14N4O2S/c16-10(17)9-7-14-11(18-9)13-3-1-2-5-15-6-4-12-8-15/h4,6-8H,1-3,5H2,(H,13,14)(H,16,17). The number of nitrogens with one attached hydrogen (secondary N) is 1. The topological polar surface area (TPSA) is 80.0 Å². The minimum atomic E-state index is -0.930. The van der Waals surface area contributed by atoms with Crippen LogP contribution in [0.15, 0.2) is 24.9 Å². The summed E-state index contributed by atoms with van der Waals surface area (Å²) >= 11 is 1.16. The maximum Gasteiger partial charge on any atom is 0.347 e. The van der Waals surface area contributed by atoms with Gasteiger partial charge < -0.3 is 15.0 Å². The Morgan fingerprint density at radius 2 is 2.39 bits per heavy atom. The fraction of sp³-hybridized carbons (Fsp3) is 0.364. The van der Waals surface area contributed by atoms with Crippen molar-refractivity contribution in [3.63, 3.8) is 0 Å². The Morgan fingerprint density at radius 3 is 3.06 bits per heavy atom. The number of imidazole rings is 1. The van der Waals surface area contributed by atoms with E-state index in [2.05, 4.69) is 15.3 Å². The molecule has 2 aromatic rings. The molecule has 0 aromatic carbocycles. The number of aromatic carboxylic acids is 1. The number of anilines is 1. The van der Waals surface area contributed by atoms with E-state index >= 15 is 0 Å². The second-order valence-electron chi connectivity index (χ2n) is 3.77. The number of aryl methyl sites for hydroxylation is 1. The van der Waals surface area contributed by atoms with Crippen LogP contribution in [0.5, 0.6) is 0 Å². The minimum Gasteiger partial charge on any atom is -0.477 e. The Bertz CT molecular complexity index is 495. The van der Waals surface area contributed by atoms with Crippen molar-refractivity contribution in [2.75, 3.05) is 11.9 Å². The van der Waals surface area contributed by atoms with Crippen LogP contribution in [0, 0.1) is 0 Å². The SMILES string of the molecule is O=C(O)c1cnc(NCCCCn2ccnc2)s1. The zero-order valence-corrected chi connectivity index (χ0v) is 10.6. The van der Waals surface area contributed by atoms with E-state index < -0.39 is 5.97 Å². The summed E-state index contributed by atoms with van der Waals surface area (Å²) in [5, 5.41) is 12.5. The van der Waals surface area contributed by atoms with E-state index in [9.17, 15) is 4.79 Å². The molecule has 0 saturated heterocycles. The summed E-state index contributed by atoms with van der Waals surface area (Å²) in [6, 6.07) is 0. The average molecular weight is 266 g/mol. The number of hydrogen-bond acceptors (Lipinski definition) is 5. The molecule has 0 atom stereocenters. The van der Waals surface area contributed by atoms with Crippen LogP contribution in [-0.4, -0.2) is 32.2 Å². The van der Waals surface area contributed by atoms with Crippen LogP contribution in [0.25, 0.3) is 0 Å². The molecule has 6 nitrogen and oxygen atoms in total. The van der Waals surface area contributed by atoms with Crippen LogP contribution in [0.3, 0.4) is 0 Å². The fourth-order valence-corrected chi connectivity index (χ4v) is 2.17. The van der Waals surface area contributed by atoms with E-state index in [1.54, 1.807) is 12.5 Å². The number of nitrogens with zero attached hydrogens (tertiary/aromatic N) is 3. The molecule has 2 aromatic heterocycles. The largest absolute Gasteiger partial charge is 0.477 e. The Hall–Kier alpha value is -1.89. The summed E-state index contributed by atoms with van der Waals surface area (Å²) in [6.45, 7) is 1.74. The van der Waals surface area contributed by atoms with Crippen molar-refractivity contribution in [1.82, 2.24) is 14.5 Å². The first-order chi connectivity index (χ1) is 8.75. The van der Waals surface area contributed by atoms with E-state index in [0.29, 0.717) is 5.13 Å². The van der Waals surface area contributed by atoms with Gasteiger partial charge in [-0.15, -0.1) is 0 Å². The van der Waals surface area contributed by atoms with Crippen LogP contribution in [0.4, 0.5) is 5.13 Å². The van der Waals surface area contributed by atoms with Crippen LogP contribution in [0.2, 0.25) is 0 Å². The average Bonchev–Trinajstić information content (AvgIpc) is 2.98. The highest BCUT2D eigenvalue weighted by Gasteiger charge is 2.07. The molecule has 0 unspecified atom stereocenters. The van der Waals surface area contributed by atoms with Crippen LogP contribution in [0.1, 0.15) is 22.5 Å². The zero-order chi connectivity index (χ0) is 12.8. The smallest absolute Gasteiger partial charge is 0.347 e. The first kappa shape index (κ1) is 12.6. The third-order valence-electron chi connectivity index (χ3n) is 2.39. The van der Waals surface area contributed by atoms with E-state index in [4.69, 9.17) is 5.11 Å². The molecule has 7 heteroatoms. The molecule has 0 amide bonds. The third kappa shape index (κ3) is 3.56. The van der Waals surface area contributed by atoms with E-state index in [0.717, 1.165) is 37.3 Å². The Morgan fingerprint density at radius 1 is 1.50 bits per heavy atom. The van der Waals surface area contributed by atoms with Gasteiger partial charge in [0.2, 0.25) is 0 Å². The number of carboxylic acid groups (broad SMARTS) is 1. The lowest BCUT2D eigenvalue weighted by molar-refractivity contribution is 0.0702. The number of unbranched alkanes of at least 4 members (excludes halogenated alkanes) is 1. The van der Waals surface area contributed by atoms with Crippen molar-refractivity contribution in [3.05, 3.63) is 29.8 Å². The van der Waals surface area contributed by atoms with Gasteiger partial charge in [0.1, 0.15) is 4.88 Å². The molecular weight excluding hydrogens is 252 g/mol. The van der Waals surface area contributed by atoms with E-state index in [1.165, 1.54) is 6.20 Å². The molecule has 0 aliphatic heterocycles. The highest BCUT2D eigenvalue weighted by molar-refractivity contribution is 7.17. The van der Waals surface area contributed by atoms with E-state index in [-0.39, 0.29) is 4.88 Å². The highest BCUT2D eigenvalue weighted by Crippen LogP contribution is 2.17. The fourth-order valence-electron chi connectivity index (χ4n) is 1.49. The summed E-state index contributed by atoms with van der Waals surface area (Å²) in [4.78, 5) is 18.9. The van der Waals surface area contributed by atoms with Crippen LogP contribution in [-0.2, 0) is 6.54 Å². The summed E-state index contributed by atoms with van der Waals surface area (Å²) in [6.07, 6.45) is 8.92. The normalized spacial score (nSPS) is 10.4. The maximum atomic E-state index is 10.7. The Kier molecular flexibility index (Phi) is 4.30. The minimum absolute atomic E-state index is 0.260. The van der Waals surface area contributed by atoms with Gasteiger partial charge >= 0.3 is 5.97 Å². The van der Waals surface area contributed by atoms with Gasteiger partial charge in [-0.3, -0.25) is 0 Å². The van der Waals surface area contributed by atoms with Crippen LogP contribution < -0.4 is 5.32 Å². The van der Waals surface area contributed by atoms with Gasteiger partial charge in [-0.1, -0.05) is 11.3 Å². The van der Waals surface area contributed by atoms with Gasteiger partial charge in [-0.2, -0.15) is 0 Å². The Balaban J connectivity index is 1.64. The molecule has 2 rings (SSSR count). The summed E-state index contributed by atoms with van der Waals surface area (Å²) in [5.41, 5.74) is 0. The predicted octanol–water partition coefficient (Wildman–Crippen LogP) is 1.93. The molecule has 0 spiro atoms. The maximum absolute atomic E-state index is 10.7. The van der Waals surface area contributed by atoms with Crippen molar-refractivity contribution in [3.8, 4) is 0 Å². The number of hydrogen-bond donors (Lipinski definition) is 2. The number of rotatable bonds is 7. The van der Waals surface area contributed by atoms with Crippen molar-refractivity contribution < 1.29 is 9.90 Å². The van der Waals surface area contributed by atoms with Gasteiger partial charge in [-0.25, -0.2) is 14.8 Å². The van der Waals surface area contributed by atoms with Crippen molar-refractivity contribution >= 4 is 22.4 Å². The molecular formula is C11H14N4O2S. The van der Waals surface area contributed by atoms with Gasteiger partial charge in [0.15, 0.2) is 5.13 Å². The second-order valence-corrected chi connectivity index (χ2v) is 4.80. The third-order valence-corrected chi connectivity index (χ3v) is 3.34. The lowest BCUT2D eigenvalue weighted by atomic mass is 10.3. The van der Waals surface area contributed by atoms with Gasteiger partial charge in [0.25, 0.3) is 0 Å². The van der Waals surface area contributed by atoms with Crippen molar-refractivity contribution in [2.45, 2.75) is 19.4 Å². The molecule has 0 radical (unpaired) electrons. The monoisotopic (exact) mass is 266 g/mol. The van der Waals surface area contributed by atoms with Gasteiger partial charge in [-0.05, 0) is 12.8 Å². The number of carbonyl (C=O) groups is 1. The zero-order valence-electron chi connectivity index (χ0n) is 9.74. The molecule has 0 saturated carbocycles. The van der Waals surface area contributed by atoms with E-state index in [1.807, 2.05) is 10.8 Å². The second kappa shape index (κ2) is 6.15. The molecule has 0 fully saturated rings. The molecule has 18 heavy (non-hydrogen) atoms. The number of carboxylic acids is 1. The molecule has 96 valence electrons. The molecule has 2 heterocycles. The first-order valence-electron chi connectivity index (χ1n) is 5.64. The van der Waals surface area contributed by atoms with Crippen LogP contribution >= 0.6 is 11.3 Å². The number of thiazole rings is 1. The summed E-state index contributed by atoms with van der Waals surface area (Å²) in [5.74, 6) is -0.930. The van der Waals surface area contributed by atoms with Gasteiger partial charge in [0, 0.05) is 25.5 Å².